The second-order valence-corrected chi connectivity index (χ2v) is 8.09. The van der Waals surface area contributed by atoms with Crippen LogP contribution in [0.5, 0.6) is 5.75 Å². The minimum atomic E-state index is -0.109. The van der Waals surface area contributed by atoms with E-state index in [1.54, 1.807) is 24.5 Å². The van der Waals surface area contributed by atoms with E-state index in [4.69, 9.17) is 4.74 Å². The average Bonchev–Trinajstić information content (AvgIpc) is 2.80. The number of fused-ring (bicyclic) bond motifs is 1. The molecule has 1 aromatic carbocycles. The lowest BCUT2D eigenvalue weighted by atomic mass is 9.75. The largest absolute Gasteiger partial charge is 0.483 e. The Hall–Kier alpha value is -3.15. The van der Waals surface area contributed by atoms with Crippen LogP contribution in [0.1, 0.15) is 35.2 Å². The average molecular weight is 405 g/mol. The molecule has 1 aromatic heterocycles. The third-order valence-electron chi connectivity index (χ3n) is 6.07. The van der Waals surface area contributed by atoms with Crippen LogP contribution >= 0.6 is 0 Å². The van der Waals surface area contributed by atoms with Crippen LogP contribution in [0, 0.1) is 5.41 Å². The third-order valence-corrected chi connectivity index (χ3v) is 6.07. The zero-order valence-electron chi connectivity index (χ0n) is 17.0. The topological polar surface area (TPSA) is 71.5 Å². The highest BCUT2D eigenvalue weighted by molar-refractivity contribution is 5.93. The number of benzene rings is 1. The molecule has 4 rings (SSSR count). The van der Waals surface area contributed by atoms with E-state index in [9.17, 15) is 9.59 Å². The van der Waals surface area contributed by atoms with Crippen LogP contribution in [0.25, 0.3) is 0 Å². The summed E-state index contributed by atoms with van der Waals surface area (Å²) in [4.78, 5) is 31.0. The van der Waals surface area contributed by atoms with Crippen molar-refractivity contribution in [3.63, 3.8) is 0 Å². The number of pyridine rings is 1. The summed E-state index contributed by atoms with van der Waals surface area (Å²) >= 11 is 0. The van der Waals surface area contributed by atoms with Crippen molar-refractivity contribution in [1.29, 1.82) is 0 Å². The van der Waals surface area contributed by atoms with Gasteiger partial charge in [0, 0.05) is 32.0 Å². The van der Waals surface area contributed by atoms with E-state index in [0.29, 0.717) is 25.2 Å². The zero-order valence-corrected chi connectivity index (χ0v) is 17.0. The number of para-hydroxylation sites is 1. The van der Waals surface area contributed by atoms with Crippen LogP contribution in [0.15, 0.2) is 60.9 Å². The standard InChI is InChI=1S/C24H27N3O3/c28-22-17-30-21-9-2-1-6-19(21)7-3-4-10-24(18-26-22)11-14-27(15-12-24)23(29)20-8-5-13-25-16-20/h1-6,8-9,13,16H,7,10-12,14-15,17-18H2,(H,26,28)/b4-3+. The minimum Gasteiger partial charge on any atom is -0.483 e. The van der Waals surface area contributed by atoms with Crippen molar-refractivity contribution in [2.75, 3.05) is 26.2 Å². The smallest absolute Gasteiger partial charge is 0.257 e. The maximum atomic E-state index is 12.7. The molecule has 30 heavy (non-hydrogen) atoms. The van der Waals surface area contributed by atoms with E-state index in [1.165, 1.54) is 0 Å². The molecule has 1 fully saturated rings. The number of piperidine rings is 1. The van der Waals surface area contributed by atoms with Gasteiger partial charge in [-0.05, 0) is 54.9 Å². The molecule has 2 aliphatic heterocycles. The van der Waals surface area contributed by atoms with Gasteiger partial charge >= 0.3 is 0 Å². The minimum absolute atomic E-state index is 0.0163. The van der Waals surface area contributed by atoms with Gasteiger partial charge in [0.2, 0.25) is 0 Å². The number of rotatable bonds is 1. The van der Waals surface area contributed by atoms with E-state index in [2.05, 4.69) is 22.5 Å². The van der Waals surface area contributed by atoms with Gasteiger partial charge in [0.25, 0.3) is 11.8 Å². The molecule has 6 heteroatoms. The van der Waals surface area contributed by atoms with E-state index < -0.39 is 0 Å². The summed E-state index contributed by atoms with van der Waals surface area (Å²) in [6.07, 6.45) is 11.0. The molecule has 1 spiro atoms. The van der Waals surface area contributed by atoms with Gasteiger partial charge in [-0.2, -0.15) is 0 Å². The molecule has 0 radical (unpaired) electrons. The Kier molecular flexibility index (Phi) is 6.12. The lowest BCUT2D eigenvalue weighted by Crippen LogP contribution is -2.48. The monoisotopic (exact) mass is 405 g/mol. The number of hydrogen-bond donors (Lipinski definition) is 1. The molecule has 6 nitrogen and oxygen atoms in total. The number of likely N-dealkylation sites (tertiary alicyclic amines) is 1. The molecule has 0 saturated carbocycles. The number of nitrogens with zero attached hydrogens (tertiary/aromatic N) is 2. The van der Waals surface area contributed by atoms with Crippen molar-refractivity contribution in [1.82, 2.24) is 15.2 Å². The predicted molar refractivity (Wildman–Crippen MR) is 114 cm³/mol. The van der Waals surface area contributed by atoms with Gasteiger partial charge in [-0.3, -0.25) is 14.6 Å². The third kappa shape index (κ3) is 4.70. The first-order chi connectivity index (χ1) is 14.7. The maximum absolute atomic E-state index is 12.7. The molecule has 2 aromatic rings. The molecule has 0 aliphatic carbocycles. The fourth-order valence-electron chi connectivity index (χ4n) is 4.15. The summed E-state index contributed by atoms with van der Waals surface area (Å²) in [6.45, 7) is 1.96. The van der Waals surface area contributed by atoms with Gasteiger partial charge in [0.15, 0.2) is 6.61 Å². The van der Waals surface area contributed by atoms with E-state index in [1.807, 2.05) is 29.2 Å². The first-order valence-electron chi connectivity index (χ1n) is 10.5. The molecular formula is C24H27N3O3. The second-order valence-electron chi connectivity index (χ2n) is 8.09. The summed E-state index contributed by atoms with van der Waals surface area (Å²) in [5.41, 5.74) is 1.65. The fraction of sp³-hybridized carbons (Fsp3) is 0.375. The van der Waals surface area contributed by atoms with E-state index in [0.717, 1.165) is 37.0 Å². The number of allylic oxidation sites excluding steroid dienone is 2. The van der Waals surface area contributed by atoms with Crippen LogP contribution in [-0.2, 0) is 11.2 Å². The number of hydrogen-bond acceptors (Lipinski definition) is 4. The van der Waals surface area contributed by atoms with Crippen molar-refractivity contribution in [2.45, 2.75) is 25.7 Å². The molecule has 1 saturated heterocycles. The Morgan fingerprint density at radius 3 is 2.73 bits per heavy atom. The maximum Gasteiger partial charge on any atom is 0.257 e. The second kappa shape index (κ2) is 9.11. The number of aromatic nitrogens is 1. The van der Waals surface area contributed by atoms with Crippen molar-refractivity contribution in [3.8, 4) is 5.75 Å². The molecular weight excluding hydrogens is 378 g/mol. The fourth-order valence-corrected chi connectivity index (χ4v) is 4.15. The highest BCUT2D eigenvalue weighted by Crippen LogP contribution is 2.35. The summed E-state index contributed by atoms with van der Waals surface area (Å²) in [5.74, 6) is 0.674. The van der Waals surface area contributed by atoms with Crippen LogP contribution in [0.4, 0.5) is 0 Å². The predicted octanol–water partition coefficient (Wildman–Crippen LogP) is 3.00. The van der Waals surface area contributed by atoms with Crippen LogP contribution in [0.2, 0.25) is 0 Å². The van der Waals surface area contributed by atoms with Gasteiger partial charge in [-0.1, -0.05) is 30.4 Å². The molecule has 0 atom stereocenters. The lowest BCUT2D eigenvalue weighted by molar-refractivity contribution is -0.123. The SMILES string of the molecule is O=C1COc2ccccc2C/C=C/CC2(CCN(C(=O)c3cccnc3)CC2)CN1. The van der Waals surface area contributed by atoms with Crippen molar-refractivity contribution in [3.05, 3.63) is 72.1 Å². The van der Waals surface area contributed by atoms with Crippen molar-refractivity contribution < 1.29 is 14.3 Å². The highest BCUT2D eigenvalue weighted by atomic mass is 16.5. The molecule has 1 N–H and O–H groups in total. The van der Waals surface area contributed by atoms with Gasteiger partial charge in [-0.15, -0.1) is 0 Å². The Morgan fingerprint density at radius 1 is 1.10 bits per heavy atom. The van der Waals surface area contributed by atoms with Gasteiger partial charge in [0.1, 0.15) is 5.75 Å². The molecule has 3 heterocycles. The Labute approximate surface area is 176 Å². The first-order valence-corrected chi connectivity index (χ1v) is 10.5. The summed E-state index contributed by atoms with van der Waals surface area (Å²) in [5, 5.41) is 3.06. The van der Waals surface area contributed by atoms with Crippen molar-refractivity contribution >= 4 is 11.8 Å². The number of amides is 2. The summed E-state index contributed by atoms with van der Waals surface area (Å²) in [7, 11) is 0. The molecule has 0 unspecified atom stereocenters. The number of carbonyl (C=O) groups excluding carboxylic acids is 2. The molecule has 156 valence electrons. The molecule has 2 aliphatic rings. The van der Waals surface area contributed by atoms with E-state index in [-0.39, 0.29) is 23.8 Å². The highest BCUT2D eigenvalue weighted by Gasteiger charge is 2.35. The van der Waals surface area contributed by atoms with Gasteiger partial charge < -0.3 is 15.0 Å². The van der Waals surface area contributed by atoms with E-state index >= 15 is 0 Å². The Morgan fingerprint density at radius 2 is 1.93 bits per heavy atom. The summed E-state index contributed by atoms with van der Waals surface area (Å²) < 4.78 is 5.74. The molecule has 0 bridgehead atoms. The molecule has 2 amide bonds. The zero-order chi connectivity index (χ0) is 20.8. The van der Waals surface area contributed by atoms with Crippen LogP contribution < -0.4 is 10.1 Å². The first kappa shape index (κ1) is 20.1. The Balaban J connectivity index is 1.45. The number of nitrogens with one attached hydrogen (secondary N) is 1. The number of carbonyl (C=O) groups is 2. The van der Waals surface area contributed by atoms with Gasteiger partial charge in [-0.25, -0.2) is 0 Å². The lowest BCUT2D eigenvalue weighted by Gasteiger charge is -2.41. The number of ether oxygens (including phenoxy) is 1. The van der Waals surface area contributed by atoms with Crippen molar-refractivity contribution in [2.24, 2.45) is 5.41 Å². The van der Waals surface area contributed by atoms with Gasteiger partial charge in [0.05, 0.1) is 5.56 Å². The normalized spacial score (nSPS) is 20.1. The van der Waals surface area contributed by atoms with Crippen LogP contribution in [0.3, 0.4) is 0 Å². The van der Waals surface area contributed by atoms with Crippen LogP contribution in [-0.4, -0.2) is 47.9 Å². The quantitative estimate of drug-likeness (QED) is 0.741. The Bertz CT molecular complexity index is 918. The summed E-state index contributed by atoms with van der Waals surface area (Å²) in [6, 6.07) is 11.4.